The summed E-state index contributed by atoms with van der Waals surface area (Å²) in [5.41, 5.74) is 5.06. The van der Waals surface area contributed by atoms with Gasteiger partial charge in [-0.2, -0.15) is 0 Å². The maximum absolute atomic E-state index is 11.4. The summed E-state index contributed by atoms with van der Waals surface area (Å²) in [4.78, 5) is 15.3. The fraction of sp³-hybridized carbons (Fsp3) is 0.630. The van der Waals surface area contributed by atoms with Crippen LogP contribution in [0, 0.1) is 28.6 Å². The Hall–Kier alpha value is -1.90. The second kappa shape index (κ2) is 7.98. The largest absolute Gasteiger partial charge is 0.462 e. The number of aliphatic imine (C=N–C) groups is 1. The molecule has 0 heterocycles. The summed E-state index contributed by atoms with van der Waals surface area (Å²) >= 11 is 0. The van der Waals surface area contributed by atoms with Crippen LogP contribution in [0.4, 0.5) is 0 Å². The van der Waals surface area contributed by atoms with E-state index in [2.05, 4.69) is 50.7 Å². The molecule has 2 fully saturated rings. The standard InChI is InChI=1S/C27H37NO2/c1-18(7-6-16-28-5)23-10-11-24-22-9-8-20-17-21(30-19(2)29)12-14-26(20,3)25(22)13-15-27(23,24)4/h6-8,10,16,21-22,24-25H,5,9,11-15,17H2,1-4H3/b16-6-,18-7+/t21-,22?,24?,25?,26-,27+/m0/s1. The maximum Gasteiger partial charge on any atom is 0.302 e. The molecule has 0 amide bonds. The van der Waals surface area contributed by atoms with Gasteiger partial charge in [-0.1, -0.05) is 37.6 Å². The molecule has 4 aliphatic rings. The van der Waals surface area contributed by atoms with E-state index in [1.807, 2.05) is 6.08 Å². The number of hydrogen-bond acceptors (Lipinski definition) is 3. The van der Waals surface area contributed by atoms with Crippen molar-refractivity contribution in [3.05, 3.63) is 47.2 Å². The van der Waals surface area contributed by atoms with E-state index in [9.17, 15) is 4.79 Å². The van der Waals surface area contributed by atoms with Crippen LogP contribution in [-0.4, -0.2) is 18.8 Å². The molecule has 0 saturated heterocycles. The van der Waals surface area contributed by atoms with Gasteiger partial charge in [0.2, 0.25) is 0 Å². The van der Waals surface area contributed by atoms with E-state index in [1.54, 1.807) is 17.3 Å². The van der Waals surface area contributed by atoms with Gasteiger partial charge in [0.15, 0.2) is 0 Å². The smallest absolute Gasteiger partial charge is 0.302 e. The summed E-state index contributed by atoms with van der Waals surface area (Å²) in [6, 6.07) is 0. The molecule has 3 unspecified atom stereocenters. The first-order valence-electron chi connectivity index (χ1n) is 11.7. The fourth-order valence-electron chi connectivity index (χ4n) is 7.48. The Morgan fingerprint density at radius 1 is 1.13 bits per heavy atom. The predicted octanol–water partition coefficient (Wildman–Crippen LogP) is 6.58. The molecule has 0 aromatic carbocycles. The molecule has 0 aromatic heterocycles. The van der Waals surface area contributed by atoms with Gasteiger partial charge in [-0.25, -0.2) is 0 Å². The van der Waals surface area contributed by atoms with Crippen molar-refractivity contribution in [1.29, 1.82) is 0 Å². The number of carbonyl (C=O) groups excluding carboxylic acids is 1. The van der Waals surface area contributed by atoms with Crippen molar-refractivity contribution in [2.45, 2.75) is 78.7 Å². The van der Waals surface area contributed by atoms with Crippen LogP contribution in [0.15, 0.2) is 52.2 Å². The van der Waals surface area contributed by atoms with Crippen molar-refractivity contribution in [1.82, 2.24) is 0 Å². The number of carbonyl (C=O) groups is 1. The van der Waals surface area contributed by atoms with Crippen molar-refractivity contribution in [3.8, 4) is 0 Å². The molecular formula is C27H37NO2. The van der Waals surface area contributed by atoms with Crippen molar-refractivity contribution in [2.24, 2.45) is 33.6 Å². The third-order valence-electron chi connectivity index (χ3n) is 8.93. The zero-order valence-corrected chi connectivity index (χ0v) is 19.1. The molecule has 3 nitrogen and oxygen atoms in total. The van der Waals surface area contributed by atoms with Crippen LogP contribution in [0.5, 0.6) is 0 Å². The minimum absolute atomic E-state index is 0.0814. The first-order chi connectivity index (χ1) is 14.3. The van der Waals surface area contributed by atoms with Gasteiger partial charge in [0, 0.05) is 19.5 Å². The van der Waals surface area contributed by atoms with Crippen molar-refractivity contribution in [3.63, 3.8) is 0 Å². The molecule has 0 aliphatic heterocycles. The molecule has 0 aromatic rings. The van der Waals surface area contributed by atoms with Crippen LogP contribution in [0.3, 0.4) is 0 Å². The zero-order chi connectivity index (χ0) is 21.5. The lowest BCUT2D eigenvalue weighted by Crippen LogP contribution is -2.50. The first-order valence-corrected chi connectivity index (χ1v) is 11.7. The van der Waals surface area contributed by atoms with Crippen LogP contribution in [0.25, 0.3) is 0 Å². The molecule has 3 heteroatoms. The van der Waals surface area contributed by atoms with Gasteiger partial charge in [-0.3, -0.25) is 9.79 Å². The molecule has 162 valence electrons. The minimum Gasteiger partial charge on any atom is -0.462 e. The second-order valence-electron chi connectivity index (χ2n) is 10.4. The van der Waals surface area contributed by atoms with Crippen LogP contribution >= 0.6 is 0 Å². The van der Waals surface area contributed by atoms with E-state index < -0.39 is 0 Å². The van der Waals surface area contributed by atoms with E-state index in [0.717, 1.165) is 37.0 Å². The van der Waals surface area contributed by atoms with Gasteiger partial charge in [0.25, 0.3) is 0 Å². The number of fused-ring (bicyclic) bond motifs is 5. The van der Waals surface area contributed by atoms with Gasteiger partial charge in [0.1, 0.15) is 6.10 Å². The van der Waals surface area contributed by atoms with Crippen molar-refractivity contribution in [2.75, 3.05) is 0 Å². The lowest BCUT2D eigenvalue weighted by molar-refractivity contribution is -0.148. The van der Waals surface area contributed by atoms with Gasteiger partial charge in [-0.15, -0.1) is 0 Å². The molecule has 2 saturated carbocycles. The summed E-state index contributed by atoms with van der Waals surface area (Å²) in [7, 11) is 0. The van der Waals surface area contributed by atoms with E-state index in [0.29, 0.717) is 0 Å². The molecule has 6 atom stereocenters. The average Bonchev–Trinajstić information content (AvgIpc) is 3.05. The summed E-state index contributed by atoms with van der Waals surface area (Å²) in [5.74, 6) is 2.11. The number of nitrogens with zero attached hydrogens (tertiary/aromatic N) is 1. The van der Waals surface area contributed by atoms with Gasteiger partial charge in [-0.05, 0) is 98.0 Å². The summed E-state index contributed by atoms with van der Waals surface area (Å²) in [6.45, 7) is 12.3. The lowest BCUT2D eigenvalue weighted by atomic mass is 9.47. The number of hydrogen-bond donors (Lipinski definition) is 0. The normalized spacial score (nSPS) is 40.7. The van der Waals surface area contributed by atoms with Crippen molar-refractivity contribution < 1.29 is 9.53 Å². The average molecular weight is 408 g/mol. The predicted molar refractivity (Wildman–Crippen MR) is 123 cm³/mol. The summed E-state index contributed by atoms with van der Waals surface area (Å²) < 4.78 is 5.58. The Kier molecular flexibility index (Phi) is 5.67. The summed E-state index contributed by atoms with van der Waals surface area (Å²) in [6.07, 6.45) is 19.2. The molecule has 0 bridgehead atoms. The highest BCUT2D eigenvalue weighted by atomic mass is 16.5. The first kappa shape index (κ1) is 21.3. The van der Waals surface area contributed by atoms with Crippen LogP contribution in [0.1, 0.15) is 72.6 Å². The van der Waals surface area contributed by atoms with Gasteiger partial charge >= 0.3 is 5.97 Å². The van der Waals surface area contributed by atoms with Gasteiger partial charge in [0.05, 0.1) is 0 Å². The summed E-state index contributed by atoms with van der Waals surface area (Å²) in [5, 5.41) is 0. The molecule has 0 N–H and O–H groups in total. The quantitative estimate of drug-likeness (QED) is 0.228. The maximum atomic E-state index is 11.4. The van der Waals surface area contributed by atoms with Crippen LogP contribution in [-0.2, 0) is 9.53 Å². The Morgan fingerprint density at radius 2 is 1.90 bits per heavy atom. The van der Waals surface area contributed by atoms with E-state index in [1.165, 1.54) is 38.2 Å². The molecule has 0 radical (unpaired) electrons. The highest BCUT2D eigenvalue weighted by molar-refractivity contribution is 5.66. The number of allylic oxidation sites excluding steroid dienone is 6. The van der Waals surface area contributed by atoms with Crippen LogP contribution < -0.4 is 0 Å². The molecular weight excluding hydrogens is 370 g/mol. The Morgan fingerprint density at radius 3 is 2.63 bits per heavy atom. The zero-order valence-electron chi connectivity index (χ0n) is 19.1. The van der Waals surface area contributed by atoms with Gasteiger partial charge < -0.3 is 4.74 Å². The highest BCUT2D eigenvalue weighted by Gasteiger charge is 2.56. The fourth-order valence-corrected chi connectivity index (χ4v) is 7.48. The molecule has 0 spiro atoms. The van der Waals surface area contributed by atoms with E-state index in [-0.39, 0.29) is 22.9 Å². The van der Waals surface area contributed by atoms with Crippen molar-refractivity contribution >= 4 is 12.7 Å². The third kappa shape index (κ3) is 3.44. The Balaban J connectivity index is 1.56. The highest BCUT2D eigenvalue weighted by Crippen LogP contribution is 2.65. The molecule has 4 aliphatic carbocycles. The molecule has 30 heavy (non-hydrogen) atoms. The SMILES string of the molecule is C=N/C=C\C=C(/C)C1=CCC2C3CC=C4C[C@@H](OC(C)=O)CC[C@]4(C)C3CC[C@]12C. The molecule has 4 rings (SSSR count). The van der Waals surface area contributed by atoms with Crippen LogP contribution in [0.2, 0.25) is 0 Å². The topological polar surface area (TPSA) is 38.7 Å². The number of esters is 1. The van der Waals surface area contributed by atoms with E-state index >= 15 is 0 Å². The third-order valence-corrected chi connectivity index (χ3v) is 8.93. The Labute approximate surface area is 182 Å². The minimum atomic E-state index is -0.141. The monoisotopic (exact) mass is 407 g/mol. The van der Waals surface area contributed by atoms with E-state index in [4.69, 9.17) is 4.74 Å². The second-order valence-corrected chi connectivity index (χ2v) is 10.4. The number of ether oxygens (including phenoxy) is 1. The lowest BCUT2D eigenvalue weighted by Gasteiger charge is -2.58. The number of rotatable bonds is 4. The Bertz CT molecular complexity index is 847.